The van der Waals surface area contributed by atoms with E-state index in [1.807, 2.05) is 32.0 Å². The van der Waals surface area contributed by atoms with E-state index in [0.717, 1.165) is 47.6 Å². The molecule has 0 amide bonds. The van der Waals surface area contributed by atoms with Crippen molar-refractivity contribution in [1.82, 2.24) is 19.5 Å². The van der Waals surface area contributed by atoms with Crippen LogP contribution >= 0.6 is 0 Å². The molecule has 2 aliphatic rings. The molecule has 4 aromatic rings. The minimum Gasteiger partial charge on any atom is -0.384 e. The summed E-state index contributed by atoms with van der Waals surface area (Å²) in [6.07, 6.45) is 7.63. The third-order valence-electron chi connectivity index (χ3n) is 7.30. The minimum absolute atomic E-state index is 0.0224. The van der Waals surface area contributed by atoms with Gasteiger partial charge in [-0.25, -0.2) is 15.0 Å². The van der Waals surface area contributed by atoms with Gasteiger partial charge in [0, 0.05) is 11.6 Å². The highest BCUT2D eigenvalue weighted by Crippen LogP contribution is 2.49. The average molecular weight is 459 g/mol. The molecule has 176 valence electrons. The van der Waals surface area contributed by atoms with Crippen LogP contribution in [0.25, 0.3) is 21.9 Å². The lowest BCUT2D eigenvalue weighted by Crippen LogP contribution is -2.27. The largest absolute Gasteiger partial charge is 0.384 e. The lowest BCUT2D eigenvalue weighted by Gasteiger charge is -2.24. The van der Waals surface area contributed by atoms with Crippen LogP contribution in [-0.4, -0.2) is 37.5 Å². The van der Waals surface area contributed by atoms with Crippen molar-refractivity contribution in [2.75, 3.05) is 11.5 Å². The Kier molecular flexibility index (Phi) is 4.97. The van der Waals surface area contributed by atoms with Gasteiger partial charge in [0.2, 0.25) is 0 Å². The van der Waals surface area contributed by atoms with Gasteiger partial charge in [0.05, 0.1) is 23.0 Å². The maximum atomic E-state index is 6.42. The molecule has 8 heteroatoms. The Morgan fingerprint density at radius 3 is 2.79 bits per heavy atom. The fourth-order valence-corrected chi connectivity index (χ4v) is 5.85. The molecule has 0 bridgehead atoms. The molecule has 0 unspecified atom stereocenters. The van der Waals surface area contributed by atoms with E-state index in [2.05, 4.69) is 43.9 Å². The first kappa shape index (κ1) is 21.3. The SMILES string of the molecule is CC1(C)O[C@@H]2[C@@H](CCCc3cccc4ccc(N)nc34)C[C@@H](n3ccc4c(N)ncnc43)[C@@H]2O1. The molecule has 4 heterocycles. The summed E-state index contributed by atoms with van der Waals surface area (Å²) >= 11 is 0. The van der Waals surface area contributed by atoms with Gasteiger partial charge in [0.25, 0.3) is 0 Å². The molecule has 4 N–H and O–H groups in total. The molecule has 3 aromatic heterocycles. The molecule has 2 fully saturated rings. The lowest BCUT2D eigenvalue weighted by molar-refractivity contribution is -0.160. The van der Waals surface area contributed by atoms with Crippen LogP contribution in [0, 0.1) is 5.92 Å². The van der Waals surface area contributed by atoms with Crippen molar-refractivity contribution in [2.24, 2.45) is 5.92 Å². The number of benzene rings is 1. The van der Waals surface area contributed by atoms with Gasteiger partial charge in [-0.15, -0.1) is 0 Å². The number of nitrogens with two attached hydrogens (primary N) is 2. The van der Waals surface area contributed by atoms with Gasteiger partial charge < -0.3 is 25.5 Å². The number of ether oxygens (including phenoxy) is 2. The molecule has 1 aliphatic carbocycles. The van der Waals surface area contributed by atoms with E-state index < -0.39 is 5.79 Å². The maximum absolute atomic E-state index is 6.42. The van der Waals surface area contributed by atoms with E-state index in [1.165, 1.54) is 11.9 Å². The Balaban J connectivity index is 1.23. The van der Waals surface area contributed by atoms with Crippen LogP contribution in [0.2, 0.25) is 0 Å². The molecule has 6 rings (SSSR count). The number of rotatable bonds is 5. The third-order valence-corrected chi connectivity index (χ3v) is 7.30. The Bertz CT molecular complexity index is 1370. The number of aromatic nitrogens is 4. The van der Waals surface area contributed by atoms with Crippen LogP contribution in [0.3, 0.4) is 0 Å². The van der Waals surface area contributed by atoms with Gasteiger partial charge in [-0.05, 0) is 69.2 Å². The highest BCUT2D eigenvalue weighted by atomic mass is 16.8. The monoisotopic (exact) mass is 458 g/mol. The molecule has 1 aliphatic heterocycles. The summed E-state index contributed by atoms with van der Waals surface area (Å²) in [7, 11) is 0. The second kappa shape index (κ2) is 7.92. The van der Waals surface area contributed by atoms with Gasteiger partial charge >= 0.3 is 0 Å². The molecule has 1 aromatic carbocycles. The Morgan fingerprint density at radius 2 is 1.91 bits per heavy atom. The Morgan fingerprint density at radius 1 is 1.06 bits per heavy atom. The van der Waals surface area contributed by atoms with Crippen molar-refractivity contribution in [2.45, 2.75) is 63.6 Å². The minimum atomic E-state index is -0.597. The number of anilines is 2. The number of nitrogens with zero attached hydrogens (tertiary/aromatic N) is 4. The molecule has 4 atom stereocenters. The zero-order chi connectivity index (χ0) is 23.4. The third kappa shape index (κ3) is 3.58. The summed E-state index contributed by atoms with van der Waals surface area (Å²) < 4.78 is 15.0. The first-order valence-electron chi connectivity index (χ1n) is 12.0. The number of pyridine rings is 1. The number of hydrogen-bond donors (Lipinski definition) is 2. The quantitative estimate of drug-likeness (QED) is 0.459. The molecule has 0 spiro atoms. The van der Waals surface area contributed by atoms with E-state index in [1.54, 1.807) is 0 Å². The van der Waals surface area contributed by atoms with Gasteiger partial charge in [-0.2, -0.15) is 0 Å². The van der Waals surface area contributed by atoms with E-state index in [4.69, 9.17) is 20.9 Å². The lowest BCUT2D eigenvalue weighted by atomic mass is 9.95. The summed E-state index contributed by atoms with van der Waals surface area (Å²) in [4.78, 5) is 13.2. The second-order valence-corrected chi connectivity index (χ2v) is 9.96. The van der Waals surface area contributed by atoms with E-state index >= 15 is 0 Å². The van der Waals surface area contributed by atoms with Crippen molar-refractivity contribution < 1.29 is 9.47 Å². The number of para-hydroxylation sites is 1. The van der Waals surface area contributed by atoms with Crippen LogP contribution in [0.4, 0.5) is 11.6 Å². The molecular weight excluding hydrogens is 428 g/mol. The van der Waals surface area contributed by atoms with Gasteiger partial charge in [0.15, 0.2) is 5.79 Å². The predicted molar refractivity (Wildman–Crippen MR) is 132 cm³/mol. The van der Waals surface area contributed by atoms with E-state index in [0.29, 0.717) is 17.6 Å². The maximum Gasteiger partial charge on any atom is 0.163 e. The molecular formula is C26H30N6O2. The van der Waals surface area contributed by atoms with Crippen molar-refractivity contribution in [3.8, 4) is 0 Å². The fourth-order valence-electron chi connectivity index (χ4n) is 5.85. The first-order valence-corrected chi connectivity index (χ1v) is 12.0. The number of nitrogen functional groups attached to an aromatic ring is 2. The molecule has 34 heavy (non-hydrogen) atoms. The highest BCUT2D eigenvalue weighted by molar-refractivity contribution is 5.86. The summed E-state index contributed by atoms with van der Waals surface area (Å²) in [6.45, 7) is 4.00. The van der Waals surface area contributed by atoms with Crippen LogP contribution in [-0.2, 0) is 15.9 Å². The second-order valence-electron chi connectivity index (χ2n) is 9.96. The summed E-state index contributed by atoms with van der Waals surface area (Å²) in [5.74, 6) is 0.855. The summed E-state index contributed by atoms with van der Waals surface area (Å²) in [5.41, 5.74) is 15.1. The van der Waals surface area contributed by atoms with E-state index in [-0.39, 0.29) is 18.2 Å². The van der Waals surface area contributed by atoms with Crippen LogP contribution in [0.5, 0.6) is 0 Å². The van der Waals surface area contributed by atoms with Gasteiger partial charge in [-0.3, -0.25) is 0 Å². The van der Waals surface area contributed by atoms with Gasteiger partial charge in [-0.1, -0.05) is 18.2 Å². The Labute approximate surface area is 198 Å². The molecule has 8 nitrogen and oxygen atoms in total. The van der Waals surface area contributed by atoms with Crippen LogP contribution in [0.15, 0.2) is 48.9 Å². The summed E-state index contributed by atoms with van der Waals surface area (Å²) in [6, 6.07) is 12.4. The summed E-state index contributed by atoms with van der Waals surface area (Å²) in [5, 5.41) is 2.01. The van der Waals surface area contributed by atoms with Crippen molar-refractivity contribution in [3.63, 3.8) is 0 Å². The molecule has 1 saturated carbocycles. The topological polar surface area (TPSA) is 114 Å². The highest BCUT2D eigenvalue weighted by Gasteiger charge is 2.54. The first-order chi connectivity index (χ1) is 16.4. The molecule has 1 saturated heterocycles. The zero-order valence-corrected chi connectivity index (χ0v) is 19.5. The van der Waals surface area contributed by atoms with Crippen LogP contribution in [0.1, 0.15) is 44.7 Å². The van der Waals surface area contributed by atoms with Crippen molar-refractivity contribution >= 4 is 33.6 Å². The normalized spacial score (nSPS) is 25.8. The number of hydrogen-bond acceptors (Lipinski definition) is 7. The standard InChI is InChI=1S/C26H30N6O2/c1-26(2)33-22-17(8-4-6-15-5-3-7-16-9-10-20(27)31-21(15)16)13-19(23(22)34-26)32-12-11-18-24(28)29-14-30-25(18)32/h3,5,7,9-12,14,17,19,22-23H,4,6,8,13H2,1-2H3,(H2,27,31)(H2,28,29,30)/t17-,19+,22+,23-/m0/s1. The number of fused-ring (bicyclic) bond motifs is 3. The fraction of sp³-hybridized carbons (Fsp3) is 0.423. The van der Waals surface area contributed by atoms with Crippen molar-refractivity contribution in [1.29, 1.82) is 0 Å². The van der Waals surface area contributed by atoms with Crippen LogP contribution < -0.4 is 11.5 Å². The average Bonchev–Trinajstić information content (AvgIpc) is 3.46. The number of aryl methyl sites for hydroxylation is 1. The van der Waals surface area contributed by atoms with E-state index in [9.17, 15) is 0 Å². The zero-order valence-electron chi connectivity index (χ0n) is 19.5. The Hall–Kier alpha value is -3.23. The molecule has 0 radical (unpaired) electrons. The predicted octanol–water partition coefficient (Wildman–Crippen LogP) is 4.25. The smallest absolute Gasteiger partial charge is 0.163 e. The van der Waals surface area contributed by atoms with Crippen molar-refractivity contribution in [3.05, 3.63) is 54.5 Å². The van der Waals surface area contributed by atoms with Gasteiger partial charge in [0.1, 0.15) is 29.7 Å².